The van der Waals surface area contributed by atoms with Gasteiger partial charge in [-0.25, -0.2) is 4.79 Å². The van der Waals surface area contributed by atoms with Crippen LogP contribution in [0.25, 0.3) is 21.9 Å². The van der Waals surface area contributed by atoms with Gasteiger partial charge in [0.2, 0.25) is 6.79 Å². The van der Waals surface area contributed by atoms with Crippen LogP contribution >= 0.6 is 0 Å². The van der Waals surface area contributed by atoms with Gasteiger partial charge in [0.05, 0.1) is 26.4 Å². The van der Waals surface area contributed by atoms with Gasteiger partial charge in [-0.1, -0.05) is 6.07 Å². The van der Waals surface area contributed by atoms with Crippen LogP contribution < -0.4 is 18.9 Å². The molecule has 1 fully saturated rings. The predicted octanol–water partition coefficient (Wildman–Crippen LogP) is 2.08. The Bertz CT molecular complexity index is 1380. The summed E-state index contributed by atoms with van der Waals surface area (Å²) < 4.78 is 33.4. The highest BCUT2D eigenvalue weighted by Crippen LogP contribution is 2.49. The smallest absolute Gasteiger partial charge is 0.339 e. The lowest BCUT2D eigenvalue weighted by Crippen LogP contribution is -2.49. The first-order chi connectivity index (χ1) is 17.4. The molecule has 3 aromatic carbocycles. The Balaban J connectivity index is 1.70. The van der Waals surface area contributed by atoms with Crippen molar-refractivity contribution in [1.29, 1.82) is 0 Å². The lowest BCUT2D eigenvalue weighted by atomic mass is 9.82. The van der Waals surface area contributed by atoms with Gasteiger partial charge < -0.3 is 43.7 Å². The molecule has 0 amide bonds. The third-order valence-corrected chi connectivity index (χ3v) is 6.96. The van der Waals surface area contributed by atoms with Crippen molar-refractivity contribution < 1.29 is 48.5 Å². The van der Waals surface area contributed by atoms with Gasteiger partial charge in [0, 0.05) is 11.1 Å². The summed E-state index contributed by atoms with van der Waals surface area (Å²) in [5.74, 6) is 1.49. The Kier molecular flexibility index (Phi) is 5.41. The van der Waals surface area contributed by atoms with Gasteiger partial charge in [0.1, 0.15) is 31.0 Å². The SMILES string of the molecule is COc1cc2c(-c3ccc4c(c3)OCO4)c3c(c([C@@H]4OC[C@@H](O)[C@@H](O)[C@@H]4O)c2cc1OC)COC3=O. The first kappa shape index (κ1) is 22.9. The first-order valence-corrected chi connectivity index (χ1v) is 11.4. The van der Waals surface area contributed by atoms with Crippen molar-refractivity contribution in [1.82, 2.24) is 0 Å². The molecule has 36 heavy (non-hydrogen) atoms. The number of carbonyl (C=O) groups excluding carboxylic acids is 1. The van der Waals surface area contributed by atoms with E-state index in [2.05, 4.69) is 0 Å². The average molecular weight is 496 g/mol. The summed E-state index contributed by atoms with van der Waals surface area (Å²) in [6.45, 7) is -0.129. The standard InChI is InChI=1S/C26H24O10/c1-31-17-6-12-13(7-18(17)32-2)21(25-24(29)23(28)15(27)9-33-25)14-8-34-26(30)22(14)20(12)11-3-4-16-19(5-11)36-10-35-16/h3-7,15,23-25,27-29H,8-10H2,1-2H3/t15-,23-,24+,25+/m1/s1. The molecular weight excluding hydrogens is 472 g/mol. The number of ether oxygens (including phenoxy) is 6. The van der Waals surface area contributed by atoms with Crippen LogP contribution in [0, 0.1) is 0 Å². The van der Waals surface area contributed by atoms with Crippen molar-refractivity contribution in [2.45, 2.75) is 31.0 Å². The van der Waals surface area contributed by atoms with E-state index in [0.29, 0.717) is 61.6 Å². The zero-order valence-corrected chi connectivity index (χ0v) is 19.5. The molecule has 0 aromatic heterocycles. The lowest BCUT2D eigenvalue weighted by molar-refractivity contribution is -0.189. The van der Waals surface area contributed by atoms with Crippen molar-refractivity contribution in [2.75, 3.05) is 27.6 Å². The Morgan fingerprint density at radius 1 is 0.861 bits per heavy atom. The number of rotatable bonds is 4. The molecule has 10 nitrogen and oxygen atoms in total. The first-order valence-electron chi connectivity index (χ1n) is 11.4. The zero-order valence-electron chi connectivity index (χ0n) is 19.5. The Morgan fingerprint density at radius 3 is 2.33 bits per heavy atom. The lowest BCUT2D eigenvalue weighted by Gasteiger charge is -2.37. The molecule has 3 aliphatic rings. The second-order valence-electron chi connectivity index (χ2n) is 8.84. The second kappa shape index (κ2) is 8.52. The second-order valence-corrected chi connectivity index (χ2v) is 8.84. The number of esters is 1. The topological polar surface area (TPSA) is 133 Å². The molecule has 3 aliphatic heterocycles. The number of methoxy groups -OCH3 is 2. The van der Waals surface area contributed by atoms with Crippen LogP contribution in [0.2, 0.25) is 0 Å². The molecule has 0 spiro atoms. The number of aliphatic hydroxyl groups excluding tert-OH is 3. The van der Waals surface area contributed by atoms with Gasteiger partial charge in [-0.05, 0) is 46.2 Å². The third kappa shape index (κ3) is 3.30. The van der Waals surface area contributed by atoms with Crippen LogP contribution in [0.5, 0.6) is 23.0 Å². The number of aliphatic hydroxyl groups is 3. The summed E-state index contributed by atoms with van der Waals surface area (Å²) in [6.07, 6.45) is -5.14. The molecule has 0 radical (unpaired) electrons. The largest absolute Gasteiger partial charge is 0.493 e. The summed E-state index contributed by atoms with van der Waals surface area (Å²) in [6, 6.07) is 8.90. The Hall–Kier alpha value is -3.57. The van der Waals surface area contributed by atoms with Gasteiger partial charge in [-0.2, -0.15) is 0 Å². The highest BCUT2D eigenvalue weighted by Gasteiger charge is 2.43. The van der Waals surface area contributed by atoms with Gasteiger partial charge >= 0.3 is 5.97 Å². The summed E-state index contributed by atoms with van der Waals surface area (Å²) in [4.78, 5) is 13.1. The maximum Gasteiger partial charge on any atom is 0.339 e. The van der Waals surface area contributed by atoms with E-state index in [1.807, 2.05) is 6.07 Å². The third-order valence-electron chi connectivity index (χ3n) is 6.96. The molecule has 0 unspecified atom stereocenters. The Labute approximate surface area is 205 Å². The fraction of sp³-hybridized carbons (Fsp3) is 0.346. The van der Waals surface area contributed by atoms with Crippen LogP contribution in [0.3, 0.4) is 0 Å². The van der Waals surface area contributed by atoms with Crippen LogP contribution in [-0.4, -0.2) is 67.2 Å². The molecule has 6 rings (SSSR count). The molecule has 3 N–H and O–H groups in total. The minimum atomic E-state index is -1.44. The normalized spacial score (nSPS) is 24.5. The van der Waals surface area contributed by atoms with Crippen LogP contribution in [0.4, 0.5) is 0 Å². The van der Waals surface area contributed by atoms with Crippen molar-refractivity contribution in [2.24, 2.45) is 0 Å². The number of benzene rings is 3. The van der Waals surface area contributed by atoms with Crippen LogP contribution in [0.15, 0.2) is 30.3 Å². The van der Waals surface area contributed by atoms with Crippen molar-refractivity contribution in [3.05, 3.63) is 47.0 Å². The molecule has 3 heterocycles. The number of fused-ring (bicyclic) bond motifs is 3. The van der Waals surface area contributed by atoms with E-state index in [4.69, 9.17) is 28.4 Å². The predicted molar refractivity (Wildman–Crippen MR) is 124 cm³/mol. The van der Waals surface area contributed by atoms with E-state index in [-0.39, 0.29) is 20.0 Å². The maximum absolute atomic E-state index is 13.1. The van der Waals surface area contributed by atoms with Gasteiger partial charge in [0.25, 0.3) is 0 Å². The van der Waals surface area contributed by atoms with E-state index in [9.17, 15) is 20.1 Å². The van der Waals surface area contributed by atoms with E-state index < -0.39 is 30.4 Å². The maximum atomic E-state index is 13.1. The van der Waals surface area contributed by atoms with Crippen LogP contribution in [-0.2, 0) is 16.1 Å². The molecule has 188 valence electrons. The molecule has 0 aliphatic carbocycles. The summed E-state index contributed by atoms with van der Waals surface area (Å²) in [7, 11) is 3.02. The monoisotopic (exact) mass is 496 g/mol. The summed E-state index contributed by atoms with van der Waals surface area (Å²) >= 11 is 0. The number of cyclic esters (lactones) is 1. The number of hydrogen-bond acceptors (Lipinski definition) is 10. The molecule has 3 aromatic rings. The fourth-order valence-corrected chi connectivity index (χ4v) is 5.21. The average Bonchev–Trinajstić information content (AvgIpc) is 3.52. The summed E-state index contributed by atoms with van der Waals surface area (Å²) in [5.41, 5.74) is 2.62. The molecule has 0 bridgehead atoms. The van der Waals surface area contributed by atoms with Gasteiger partial charge in [-0.3, -0.25) is 0 Å². The quantitative estimate of drug-likeness (QED) is 0.461. The number of carbonyl (C=O) groups is 1. The summed E-state index contributed by atoms with van der Waals surface area (Å²) in [5, 5.41) is 32.5. The minimum absolute atomic E-state index is 0.0451. The van der Waals surface area contributed by atoms with Crippen molar-refractivity contribution in [3.63, 3.8) is 0 Å². The van der Waals surface area contributed by atoms with Gasteiger partial charge in [0.15, 0.2) is 23.0 Å². The molecule has 1 saturated heterocycles. The van der Waals surface area contributed by atoms with E-state index in [1.54, 1.807) is 24.3 Å². The Morgan fingerprint density at radius 2 is 1.58 bits per heavy atom. The van der Waals surface area contributed by atoms with Gasteiger partial charge in [-0.15, -0.1) is 0 Å². The van der Waals surface area contributed by atoms with E-state index >= 15 is 0 Å². The molecular formula is C26H24O10. The van der Waals surface area contributed by atoms with Crippen molar-refractivity contribution in [3.8, 4) is 34.1 Å². The molecule has 10 heteroatoms. The zero-order chi connectivity index (χ0) is 25.1. The highest BCUT2D eigenvalue weighted by atomic mass is 16.7. The minimum Gasteiger partial charge on any atom is -0.493 e. The fourth-order valence-electron chi connectivity index (χ4n) is 5.21. The van der Waals surface area contributed by atoms with E-state index in [0.717, 1.165) is 0 Å². The van der Waals surface area contributed by atoms with Crippen molar-refractivity contribution >= 4 is 16.7 Å². The van der Waals surface area contributed by atoms with E-state index in [1.165, 1.54) is 14.2 Å². The highest BCUT2D eigenvalue weighted by molar-refractivity contribution is 6.13. The molecule has 0 saturated carbocycles. The van der Waals surface area contributed by atoms with Crippen LogP contribution in [0.1, 0.15) is 27.6 Å². The molecule has 4 atom stereocenters. The number of hydrogen-bond donors (Lipinski definition) is 3.